The summed E-state index contributed by atoms with van der Waals surface area (Å²) in [5, 5.41) is 13.7. The number of hydrogen-bond donors (Lipinski definition) is 1. The number of nitrogens with one attached hydrogen (secondary N) is 1. The summed E-state index contributed by atoms with van der Waals surface area (Å²) < 4.78 is 0. The van der Waals surface area contributed by atoms with Crippen molar-refractivity contribution in [3.05, 3.63) is 52.8 Å². The summed E-state index contributed by atoms with van der Waals surface area (Å²) in [6.45, 7) is 2.63. The van der Waals surface area contributed by atoms with Gasteiger partial charge in [0.15, 0.2) is 0 Å². The Labute approximate surface area is 144 Å². The van der Waals surface area contributed by atoms with E-state index in [4.69, 9.17) is 0 Å². The van der Waals surface area contributed by atoms with E-state index in [-0.39, 0.29) is 18.1 Å². The van der Waals surface area contributed by atoms with E-state index in [1.165, 1.54) is 12.1 Å². The maximum atomic E-state index is 12.3. The van der Waals surface area contributed by atoms with Crippen molar-refractivity contribution in [3.63, 3.8) is 0 Å². The predicted molar refractivity (Wildman–Crippen MR) is 92.4 cm³/mol. The minimum Gasteiger partial charge on any atom is -0.376 e. The van der Waals surface area contributed by atoms with Crippen molar-refractivity contribution in [2.45, 2.75) is 0 Å². The molecule has 0 aliphatic carbocycles. The van der Waals surface area contributed by atoms with Crippen LogP contribution in [0.15, 0.2) is 42.7 Å². The molecule has 130 valence electrons. The summed E-state index contributed by atoms with van der Waals surface area (Å²) in [6, 6.07) is 7.88. The molecule has 1 saturated heterocycles. The van der Waals surface area contributed by atoms with Crippen molar-refractivity contribution in [1.82, 2.24) is 14.9 Å². The topological polar surface area (TPSA) is 104 Å². The average Bonchev–Trinajstić information content (AvgIpc) is 2.67. The molecule has 1 aliphatic rings. The molecule has 1 amide bonds. The second-order valence-electron chi connectivity index (χ2n) is 5.58. The van der Waals surface area contributed by atoms with Crippen molar-refractivity contribution >= 4 is 23.2 Å². The number of carbonyl (C=O) groups is 1. The molecule has 1 N–H and O–H groups in total. The van der Waals surface area contributed by atoms with Crippen LogP contribution in [0, 0.1) is 10.1 Å². The zero-order valence-corrected chi connectivity index (χ0v) is 13.5. The van der Waals surface area contributed by atoms with Crippen molar-refractivity contribution in [1.29, 1.82) is 0 Å². The van der Waals surface area contributed by atoms with Crippen LogP contribution in [0.25, 0.3) is 0 Å². The van der Waals surface area contributed by atoms with Gasteiger partial charge >= 0.3 is 0 Å². The highest BCUT2D eigenvalue weighted by molar-refractivity contribution is 5.81. The minimum atomic E-state index is -0.460. The summed E-state index contributed by atoms with van der Waals surface area (Å²) in [5.74, 6) is 0.629. The second-order valence-corrected chi connectivity index (χ2v) is 5.58. The standard InChI is InChI=1S/C16H18N6O3/c23-15(12-19-13-3-1-4-14(11-13)22(24)25)20-7-9-21(10-8-20)16-17-5-2-6-18-16/h1-6,11,19H,7-10,12H2. The highest BCUT2D eigenvalue weighted by atomic mass is 16.6. The van der Waals surface area contributed by atoms with Gasteiger partial charge in [-0.15, -0.1) is 0 Å². The van der Waals surface area contributed by atoms with Gasteiger partial charge < -0.3 is 15.1 Å². The summed E-state index contributed by atoms with van der Waals surface area (Å²) in [6.07, 6.45) is 3.39. The van der Waals surface area contributed by atoms with Gasteiger partial charge in [0.05, 0.1) is 11.5 Å². The molecule has 0 radical (unpaired) electrons. The third kappa shape index (κ3) is 4.19. The van der Waals surface area contributed by atoms with E-state index in [9.17, 15) is 14.9 Å². The fourth-order valence-corrected chi connectivity index (χ4v) is 2.63. The predicted octanol–water partition coefficient (Wildman–Crippen LogP) is 1.15. The second kappa shape index (κ2) is 7.56. The maximum Gasteiger partial charge on any atom is 0.271 e. The summed E-state index contributed by atoms with van der Waals surface area (Å²) in [5.41, 5.74) is 0.549. The molecule has 0 atom stereocenters. The molecule has 1 aromatic heterocycles. The first kappa shape index (κ1) is 16.6. The molecule has 9 nitrogen and oxygen atoms in total. The first-order valence-electron chi connectivity index (χ1n) is 7.91. The normalized spacial score (nSPS) is 14.2. The first-order chi connectivity index (χ1) is 12.1. The minimum absolute atomic E-state index is 0.00563. The number of anilines is 2. The zero-order chi connectivity index (χ0) is 17.6. The van der Waals surface area contributed by atoms with E-state index in [2.05, 4.69) is 15.3 Å². The van der Waals surface area contributed by atoms with Gasteiger partial charge in [-0.3, -0.25) is 14.9 Å². The van der Waals surface area contributed by atoms with E-state index in [0.29, 0.717) is 37.8 Å². The van der Waals surface area contributed by atoms with Crippen LogP contribution < -0.4 is 10.2 Å². The maximum absolute atomic E-state index is 12.3. The summed E-state index contributed by atoms with van der Waals surface area (Å²) in [7, 11) is 0. The SMILES string of the molecule is O=C(CNc1cccc([N+](=O)[O-])c1)N1CCN(c2ncccn2)CC1. The molecular formula is C16H18N6O3. The van der Waals surface area contributed by atoms with Crippen LogP contribution in [0.5, 0.6) is 0 Å². The number of hydrogen-bond acceptors (Lipinski definition) is 7. The van der Waals surface area contributed by atoms with Crippen LogP contribution in [0.1, 0.15) is 0 Å². The Kier molecular flexibility index (Phi) is 5.03. The number of nitro groups is 1. The van der Waals surface area contributed by atoms with Gasteiger partial charge in [-0.05, 0) is 12.1 Å². The number of non-ortho nitro benzene ring substituents is 1. The molecule has 1 fully saturated rings. The molecule has 1 aromatic carbocycles. The Morgan fingerprint density at radius 2 is 1.88 bits per heavy atom. The average molecular weight is 342 g/mol. The van der Waals surface area contributed by atoms with Gasteiger partial charge in [0, 0.05) is 56.4 Å². The van der Waals surface area contributed by atoms with Crippen LogP contribution in [-0.2, 0) is 4.79 Å². The van der Waals surface area contributed by atoms with E-state index in [1.807, 2.05) is 4.90 Å². The Morgan fingerprint density at radius 1 is 1.16 bits per heavy atom. The lowest BCUT2D eigenvalue weighted by Gasteiger charge is -2.34. The highest BCUT2D eigenvalue weighted by Gasteiger charge is 2.22. The molecule has 1 aliphatic heterocycles. The van der Waals surface area contributed by atoms with Gasteiger partial charge in [0.1, 0.15) is 0 Å². The van der Waals surface area contributed by atoms with Gasteiger partial charge in [-0.25, -0.2) is 9.97 Å². The number of carbonyl (C=O) groups excluding carboxylic acids is 1. The van der Waals surface area contributed by atoms with Crippen LogP contribution in [0.3, 0.4) is 0 Å². The van der Waals surface area contributed by atoms with E-state index in [1.54, 1.807) is 35.5 Å². The van der Waals surface area contributed by atoms with Crippen molar-refractivity contribution in [2.75, 3.05) is 42.9 Å². The largest absolute Gasteiger partial charge is 0.376 e. The molecule has 0 bridgehead atoms. The molecule has 0 unspecified atom stereocenters. The zero-order valence-electron chi connectivity index (χ0n) is 13.5. The van der Waals surface area contributed by atoms with Gasteiger partial charge in [-0.1, -0.05) is 6.07 Å². The number of piperazine rings is 1. The van der Waals surface area contributed by atoms with Crippen molar-refractivity contribution in [3.8, 4) is 0 Å². The van der Waals surface area contributed by atoms with Crippen LogP contribution in [-0.4, -0.2) is 58.4 Å². The molecule has 2 aromatic rings. The molecule has 0 spiro atoms. The Balaban J connectivity index is 1.50. The lowest BCUT2D eigenvalue weighted by Crippen LogP contribution is -2.50. The monoisotopic (exact) mass is 342 g/mol. The van der Waals surface area contributed by atoms with Gasteiger partial charge in [0.2, 0.25) is 11.9 Å². The van der Waals surface area contributed by atoms with Gasteiger partial charge in [-0.2, -0.15) is 0 Å². The number of nitro benzene ring substituents is 1. The number of nitrogens with zero attached hydrogens (tertiary/aromatic N) is 5. The number of rotatable bonds is 5. The van der Waals surface area contributed by atoms with Crippen LogP contribution in [0.4, 0.5) is 17.3 Å². The molecule has 25 heavy (non-hydrogen) atoms. The van der Waals surface area contributed by atoms with E-state index in [0.717, 1.165) is 0 Å². The van der Waals surface area contributed by atoms with Gasteiger partial charge in [0.25, 0.3) is 5.69 Å². The van der Waals surface area contributed by atoms with E-state index >= 15 is 0 Å². The third-order valence-corrected chi connectivity index (χ3v) is 3.97. The van der Waals surface area contributed by atoms with E-state index < -0.39 is 4.92 Å². The molecular weight excluding hydrogens is 324 g/mol. The van der Waals surface area contributed by atoms with Crippen molar-refractivity contribution < 1.29 is 9.72 Å². The number of benzene rings is 1. The molecule has 0 saturated carbocycles. The fourth-order valence-electron chi connectivity index (χ4n) is 2.63. The Bertz CT molecular complexity index is 747. The smallest absolute Gasteiger partial charge is 0.271 e. The number of amides is 1. The Hall–Kier alpha value is -3.23. The lowest BCUT2D eigenvalue weighted by atomic mass is 10.2. The Morgan fingerprint density at radius 3 is 2.56 bits per heavy atom. The van der Waals surface area contributed by atoms with Crippen molar-refractivity contribution in [2.24, 2.45) is 0 Å². The summed E-state index contributed by atoms with van der Waals surface area (Å²) in [4.78, 5) is 34.9. The molecule has 9 heteroatoms. The fraction of sp³-hybridized carbons (Fsp3) is 0.312. The highest BCUT2D eigenvalue weighted by Crippen LogP contribution is 2.17. The first-order valence-corrected chi connectivity index (χ1v) is 7.91. The molecule has 3 rings (SSSR count). The quantitative estimate of drug-likeness (QED) is 0.642. The van der Waals surface area contributed by atoms with Crippen LogP contribution >= 0.6 is 0 Å². The number of aromatic nitrogens is 2. The van der Waals surface area contributed by atoms with Crippen LogP contribution in [0.2, 0.25) is 0 Å². The third-order valence-electron chi connectivity index (χ3n) is 3.97. The molecule has 2 heterocycles. The summed E-state index contributed by atoms with van der Waals surface area (Å²) >= 11 is 0. The lowest BCUT2D eigenvalue weighted by molar-refractivity contribution is -0.384.